The van der Waals surface area contributed by atoms with E-state index in [0.29, 0.717) is 35.5 Å². The van der Waals surface area contributed by atoms with Gasteiger partial charge in [0.2, 0.25) is 0 Å². The molecule has 64 heavy (non-hydrogen) atoms. The third kappa shape index (κ3) is 16.0. The zero-order chi connectivity index (χ0) is 45.7. The predicted octanol–water partition coefficient (Wildman–Crippen LogP) is 15.0. The number of hydrogen-bond donors (Lipinski definition) is 2. The van der Waals surface area contributed by atoms with Crippen molar-refractivity contribution in [3.8, 4) is 0 Å². The van der Waals surface area contributed by atoms with E-state index in [1.807, 2.05) is 85.2 Å². The molecule has 0 atom stereocenters. The lowest BCUT2D eigenvalue weighted by atomic mass is 10.0. The van der Waals surface area contributed by atoms with Crippen LogP contribution in [-0.4, -0.2) is 45.5 Å². The van der Waals surface area contributed by atoms with Crippen molar-refractivity contribution < 1.29 is 4.52 Å². The summed E-state index contributed by atoms with van der Waals surface area (Å²) in [7, 11) is 0. The first-order chi connectivity index (χ1) is 30.3. The van der Waals surface area contributed by atoms with Crippen LogP contribution in [-0.2, 0) is 0 Å². The second-order valence-electron chi connectivity index (χ2n) is 16.9. The minimum atomic E-state index is 0. The smallest absolute Gasteiger partial charge is 0.167 e. The van der Waals surface area contributed by atoms with Gasteiger partial charge in [0.1, 0.15) is 5.82 Å². The highest BCUT2D eigenvalue weighted by Gasteiger charge is 2.10. The summed E-state index contributed by atoms with van der Waals surface area (Å²) in [6.45, 7) is 25.6. The molecule has 0 saturated heterocycles. The molecule has 6 heterocycles. The van der Waals surface area contributed by atoms with Gasteiger partial charge in [-0.2, -0.15) is 10.2 Å². The summed E-state index contributed by atoms with van der Waals surface area (Å²) in [4.78, 5) is 16.7. The second kappa shape index (κ2) is 26.8. The van der Waals surface area contributed by atoms with E-state index >= 15 is 0 Å². The molecule has 0 amide bonds. The molecule has 0 aliphatic carbocycles. The molecule has 3 aromatic carbocycles. The van der Waals surface area contributed by atoms with Crippen molar-refractivity contribution in [3.63, 3.8) is 0 Å². The molecular formula is C54H71N9O. The molecule has 0 bridgehead atoms. The van der Waals surface area contributed by atoms with Gasteiger partial charge in [0.05, 0.1) is 16.9 Å². The normalized spacial score (nSPS) is 10.6. The Morgan fingerprint density at radius 3 is 1.58 bits per heavy atom. The van der Waals surface area contributed by atoms with Crippen LogP contribution in [0.2, 0.25) is 0 Å². The topological polar surface area (TPSA) is 135 Å². The van der Waals surface area contributed by atoms with Crippen LogP contribution in [0.5, 0.6) is 0 Å². The fourth-order valence-corrected chi connectivity index (χ4v) is 6.26. The van der Waals surface area contributed by atoms with E-state index in [4.69, 9.17) is 4.52 Å². The molecule has 2 N–H and O–H groups in total. The van der Waals surface area contributed by atoms with Gasteiger partial charge >= 0.3 is 0 Å². The van der Waals surface area contributed by atoms with Crippen LogP contribution >= 0.6 is 0 Å². The van der Waals surface area contributed by atoms with Gasteiger partial charge in [-0.3, -0.25) is 20.2 Å². The van der Waals surface area contributed by atoms with Crippen LogP contribution in [0, 0.1) is 0 Å². The van der Waals surface area contributed by atoms with Gasteiger partial charge in [-0.05, 0) is 83.5 Å². The van der Waals surface area contributed by atoms with E-state index in [1.54, 1.807) is 18.6 Å². The van der Waals surface area contributed by atoms with Gasteiger partial charge in [-0.1, -0.05) is 156 Å². The first-order valence-electron chi connectivity index (χ1n) is 22.1. The highest BCUT2D eigenvalue weighted by atomic mass is 16.5. The molecule has 10 heteroatoms. The molecule has 0 aliphatic heterocycles. The third-order valence-corrected chi connectivity index (χ3v) is 9.80. The predicted molar refractivity (Wildman–Crippen MR) is 268 cm³/mol. The van der Waals surface area contributed by atoms with Crippen molar-refractivity contribution in [2.45, 2.75) is 126 Å². The number of hydrogen-bond acceptors (Lipinski definition) is 8. The molecule has 338 valence electrons. The minimum Gasteiger partial charge on any atom is -0.356 e. The number of nitrogens with one attached hydrogen (secondary N) is 2. The van der Waals surface area contributed by atoms with Crippen molar-refractivity contribution in [1.29, 1.82) is 0 Å². The number of pyridine rings is 2. The number of H-pyrrole nitrogens is 2. The number of rotatable bonds is 6. The summed E-state index contributed by atoms with van der Waals surface area (Å²) in [5.74, 6) is 3.89. The lowest BCUT2D eigenvalue weighted by molar-refractivity contribution is 0.441. The quantitative estimate of drug-likeness (QED) is 0.169. The summed E-state index contributed by atoms with van der Waals surface area (Å²) in [5.41, 5.74) is 7.76. The van der Waals surface area contributed by atoms with E-state index in [-0.39, 0.29) is 7.43 Å². The third-order valence-electron chi connectivity index (χ3n) is 9.80. The molecule has 9 rings (SSSR count). The highest BCUT2D eigenvalue weighted by Crippen LogP contribution is 2.25. The first-order valence-corrected chi connectivity index (χ1v) is 22.1. The molecule has 6 aromatic heterocycles. The van der Waals surface area contributed by atoms with Crippen molar-refractivity contribution in [1.82, 2.24) is 45.5 Å². The Morgan fingerprint density at radius 1 is 0.438 bits per heavy atom. The van der Waals surface area contributed by atoms with E-state index in [2.05, 4.69) is 165 Å². The van der Waals surface area contributed by atoms with Crippen LogP contribution in [0.1, 0.15) is 160 Å². The largest absolute Gasteiger partial charge is 0.356 e. The van der Waals surface area contributed by atoms with Crippen LogP contribution in [0.4, 0.5) is 0 Å². The summed E-state index contributed by atoms with van der Waals surface area (Å²) in [5, 5.41) is 22.9. The molecule has 0 unspecified atom stereocenters. The monoisotopic (exact) mass is 862 g/mol. The maximum atomic E-state index is 5.16. The maximum absolute atomic E-state index is 5.16. The lowest BCUT2D eigenvalue weighted by Crippen LogP contribution is -1.93. The number of nitrogens with zero attached hydrogens (tertiary/aromatic N) is 7. The second-order valence-corrected chi connectivity index (χ2v) is 16.9. The number of para-hydroxylation sites is 2. The molecular weight excluding hydrogens is 791 g/mol. The minimum absolute atomic E-state index is 0. The Morgan fingerprint density at radius 2 is 1.05 bits per heavy atom. The number of benzene rings is 3. The van der Waals surface area contributed by atoms with Gasteiger partial charge < -0.3 is 4.52 Å². The molecule has 0 fully saturated rings. The molecule has 0 saturated carbocycles. The standard InChI is InChI=1S/C12H13N.C10H12N2.C10H11NO.C8H11N.C7H10N2.C6H10N2.CH4/c1-9(2)12-11-6-4-3-5-10(11)7-8-13-12;1-7(2)10-8-5-3-4-6-9(8)11-12-10;1-7(2)10-8-5-3-4-6-9(8)12-11-10;1-7(2)8-5-3-4-6-9-8;1-6(2)7-8-4-3-5-9-7;1-5(2)6-3-4-7-8-6;/h3-9H,1-2H3;3-7H,1-2H3,(H,11,12);3-7H,1-2H3;3-7H,1-2H3;3-6H,1-2H3;3-5H,1-2H3,(H,7,8);1H4. The molecule has 9 aromatic rings. The van der Waals surface area contributed by atoms with Crippen molar-refractivity contribution >= 4 is 32.6 Å². The fraction of sp³-hybridized carbons (Fsp3) is 0.352. The maximum Gasteiger partial charge on any atom is 0.167 e. The number of aromatic nitrogens is 9. The van der Waals surface area contributed by atoms with E-state index in [9.17, 15) is 0 Å². The zero-order valence-corrected chi connectivity index (χ0v) is 39.3. The van der Waals surface area contributed by atoms with Crippen LogP contribution < -0.4 is 0 Å². The summed E-state index contributed by atoms with van der Waals surface area (Å²) >= 11 is 0. The van der Waals surface area contributed by atoms with Gasteiger partial charge in [0, 0.05) is 70.1 Å². The fourth-order valence-electron chi connectivity index (χ4n) is 6.26. The molecule has 0 spiro atoms. The van der Waals surface area contributed by atoms with Crippen LogP contribution in [0.25, 0.3) is 32.6 Å². The van der Waals surface area contributed by atoms with Crippen LogP contribution in [0.3, 0.4) is 0 Å². The van der Waals surface area contributed by atoms with Gasteiger partial charge in [0.25, 0.3) is 0 Å². The lowest BCUT2D eigenvalue weighted by Gasteiger charge is -2.07. The Hall–Kier alpha value is -6.55. The Kier molecular flexibility index (Phi) is 21.7. The Labute approximate surface area is 381 Å². The Balaban J connectivity index is 0.000000205. The SMILES string of the molecule is C.CC(C)c1[nH]nc2ccccc12.CC(C)c1ccccn1.CC(C)c1ccn[nH]1.CC(C)c1nccc2ccccc12.CC(C)c1ncccn1.CC(C)c1noc2ccccc12. The van der Waals surface area contributed by atoms with Gasteiger partial charge in [-0.25, -0.2) is 9.97 Å². The number of aromatic amines is 2. The number of fused-ring (bicyclic) bond motifs is 3. The van der Waals surface area contributed by atoms with Gasteiger partial charge in [0.15, 0.2) is 5.58 Å². The van der Waals surface area contributed by atoms with Crippen LogP contribution in [0.15, 0.2) is 145 Å². The highest BCUT2D eigenvalue weighted by molar-refractivity contribution is 5.84. The summed E-state index contributed by atoms with van der Waals surface area (Å²) in [6.07, 6.45) is 9.02. The summed E-state index contributed by atoms with van der Waals surface area (Å²) in [6, 6.07) is 36.4. The van der Waals surface area contributed by atoms with Crippen molar-refractivity contribution in [2.75, 3.05) is 0 Å². The molecule has 0 aliphatic rings. The average Bonchev–Trinajstić information content (AvgIpc) is 4.09. The molecule has 0 radical (unpaired) electrons. The Bertz CT molecular complexity index is 2470. The van der Waals surface area contributed by atoms with Crippen molar-refractivity contribution in [2.24, 2.45) is 0 Å². The van der Waals surface area contributed by atoms with E-state index in [1.165, 1.54) is 33.2 Å². The van der Waals surface area contributed by atoms with E-state index in [0.717, 1.165) is 33.7 Å². The van der Waals surface area contributed by atoms with E-state index < -0.39 is 0 Å². The van der Waals surface area contributed by atoms with Gasteiger partial charge in [-0.15, -0.1) is 0 Å². The zero-order valence-electron chi connectivity index (χ0n) is 39.3. The first kappa shape index (κ1) is 51.8. The molecule has 10 nitrogen and oxygen atoms in total. The summed E-state index contributed by atoms with van der Waals surface area (Å²) < 4.78 is 5.16. The van der Waals surface area contributed by atoms with Crippen molar-refractivity contribution in [3.05, 3.63) is 174 Å². The average molecular weight is 862 g/mol.